The molecule has 0 aliphatic carbocycles. The molecule has 3 rings (SSSR count). The number of carbonyl (C=O) groups is 2. The summed E-state index contributed by atoms with van der Waals surface area (Å²) in [6, 6.07) is 14.3. The molecule has 138 valence electrons. The van der Waals surface area contributed by atoms with Crippen LogP contribution in [0.15, 0.2) is 48.5 Å². The summed E-state index contributed by atoms with van der Waals surface area (Å²) in [5.74, 6) is -1.31. The first kappa shape index (κ1) is 18.6. The van der Waals surface area contributed by atoms with Gasteiger partial charge in [-0.25, -0.2) is 4.39 Å². The van der Waals surface area contributed by atoms with Crippen molar-refractivity contribution in [3.8, 4) is 6.07 Å². The van der Waals surface area contributed by atoms with Gasteiger partial charge in [0.15, 0.2) is 0 Å². The maximum absolute atomic E-state index is 13.0. The maximum Gasteiger partial charge on any atom is 0.311 e. The molecular formula is C21H19FN2O3. The van der Waals surface area contributed by atoms with Crippen LogP contribution in [0.1, 0.15) is 34.3 Å². The molecule has 0 radical (unpaired) electrons. The Hall–Kier alpha value is -3.20. The van der Waals surface area contributed by atoms with Gasteiger partial charge in [0.1, 0.15) is 12.4 Å². The summed E-state index contributed by atoms with van der Waals surface area (Å²) in [6.07, 6.45) is 1.38. The lowest BCUT2D eigenvalue weighted by atomic mass is 9.97. The number of hydrogen-bond donors (Lipinski definition) is 0. The minimum atomic E-state index is -0.394. The Morgan fingerprint density at radius 2 is 1.85 bits per heavy atom. The number of likely N-dealkylation sites (tertiary alicyclic amines) is 1. The van der Waals surface area contributed by atoms with Crippen molar-refractivity contribution in [1.29, 1.82) is 5.26 Å². The number of nitrogens with zero attached hydrogens (tertiary/aromatic N) is 2. The Bertz CT molecular complexity index is 856. The normalized spacial score (nSPS) is 16.4. The molecule has 1 aliphatic rings. The summed E-state index contributed by atoms with van der Waals surface area (Å²) >= 11 is 0. The van der Waals surface area contributed by atoms with E-state index in [4.69, 9.17) is 10.00 Å². The Morgan fingerprint density at radius 3 is 2.52 bits per heavy atom. The molecule has 0 bridgehead atoms. The van der Waals surface area contributed by atoms with Crippen LogP contribution in [0.3, 0.4) is 0 Å². The predicted octanol–water partition coefficient (Wildman–Crippen LogP) is 3.29. The second-order valence-electron chi connectivity index (χ2n) is 6.51. The van der Waals surface area contributed by atoms with Gasteiger partial charge in [0.05, 0.1) is 17.6 Å². The van der Waals surface area contributed by atoms with E-state index in [9.17, 15) is 14.0 Å². The van der Waals surface area contributed by atoms with E-state index >= 15 is 0 Å². The van der Waals surface area contributed by atoms with Crippen molar-refractivity contribution in [2.45, 2.75) is 19.4 Å². The van der Waals surface area contributed by atoms with Crippen LogP contribution in [0.2, 0.25) is 0 Å². The topological polar surface area (TPSA) is 70.4 Å². The third kappa shape index (κ3) is 4.70. The predicted molar refractivity (Wildman–Crippen MR) is 96.0 cm³/mol. The van der Waals surface area contributed by atoms with E-state index in [1.807, 2.05) is 6.07 Å². The SMILES string of the molecule is N#Cc1ccc(COC(=O)C2CCCN(C(=O)c3ccc(F)cc3)C2)cc1. The molecule has 0 aromatic heterocycles. The molecule has 27 heavy (non-hydrogen) atoms. The van der Waals surface area contributed by atoms with Crippen molar-refractivity contribution in [2.75, 3.05) is 13.1 Å². The van der Waals surface area contributed by atoms with Crippen molar-refractivity contribution >= 4 is 11.9 Å². The highest BCUT2D eigenvalue weighted by Gasteiger charge is 2.30. The molecule has 5 nitrogen and oxygen atoms in total. The van der Waals surface area contributed by atoms with E-state index in [-0.39, 0.29) is 24.4 Å². The number of carbonyl (C=O) groups excluding carboxylic acids is 2. The molecule has 0 saturated carbocycles. The van der Waals surface area contributed by atoms with Crippen LogP contribution in [-0.4, -0.2) is 29.9 Å². The average molecular weight is 366 g/mol. The number of amides is 1. The first-order chi connectivity index (χ1) is 13.1. The highest BCUT2D eigenvalue weighted by atomic mass is 19.1. The standard InChI is InChI=1S/C21H19FN2O3/c22-19-9-7-17(8-10-19)20(25)24-11-1-2-18(13-24)21(26)27-14-16-5-3-15(12-23)4-6-16/h3-10,18H,1-2,11,13-14H2. The smallest absolute Gasteiger partial charge is 0.311 e. The van der Waals surface area contributed by atoms with E-state index in [1.165, 1.54) is 24.3 Å². The van der Waals surface area contributed by atoms with Crippen molar-refractivity contribution in [3.05, 3.63) is 71.0 Å². The number of benzene rings is 2. The minimum absolute atomic E-state index is 0.132. The largest absolute Gasteiger partial charge is 0.461 e. The van der Waals surface area contributed by atoms with E-state index < -0.39 is 5.82 Å². The molecule has 1 atom stereocenters. The van der Waals surface area contributed by atoms with Crippen molar-refractivity contribution < 1.29 is 18.7 Å². The quantitative estimate of drug-likeness (QED) is 0.779. The lowest BCUT2D eigenvalue weighted by Crippen LogP contribution is -2.42. The molecule has 1 heterocycles. The van der Waals surface area contributed by atoms with Crippen LogP contribution >= 0.6 is 0 Å². The van der Waals surface area contributed by atoms with Crippen LogP contribution in [0.5, 0.6) is 0 Å². The van der Waals surface area contributed by atoms with Gasteiger partial charge in [0.2, 0.25) is 0 Å². The Labute approximate surface area is 157 Å². The minimum Gasteiger partial charge on any atom is -0.461 e. The lowest BCUT2D eigenvalue weighted by molar-refractivity contribution is -0.151. The highest BCUT2D eigenvalue weighted by Crippen LogP contribution is 2.21. The summed E-state index contributed by atoms with van der Waals surface area (Å²) in [6.45, 7) is 0.991. The van der Waals surface area contributed by atoms with E-state index in [0.717, 1.165) is 5.56 Å². The van der Waals surface area contributed by atoms with Gasteiger partial charge in [-0.15, -0.1) is 0 Å². The van der Waals surface area contributed by atoms with Crippen LogP contribution in [0, 0.1) is 23.1 Å². The molecule has 1 saturated heterocycles. The molecule has 0 N–H and O–H groups in total. The van der Waals surface area contributed by atoms with Gasteiger partial charge in [-0.2, -0.15) is 5.26 Å². The van der Waals surface area contributed by atoms with Crippen molar-refractivity contribution in [1.82, 2.24) is 4.90 Å². The molecule has 0 spiro atoms. The van der Waals surface area contributed by atoms with Crippen molar-refractivity contribution in [2.24, 2.45) is 5.92 Å². The van der Waals surface area contributed by atoms with Gasteiger partial charge in [-0.3, -0.25) is 9.59 Å². The van der Waals surface area contributed by atoms with Gasteiger partial charge >= 0.3 is 5.97 Å². The van der Waals surface area contributed by atoms with Crippen LogP contribution in [-0.2, 0) is 16.1 Å². The number of hydrogen-bond acceptors (Lipinski definition) is 4. The molecule has 2 aromatic carbocycles. The number of nitriles is 1. The molecule has 2 aromatic rings. The monoisotopic (exact) mass is 366 g/mol. The van der Waals surface area contributed by atoms with Gasteiger partial charge in [0.25, 0.3) is 5.91 Å². The zero-order chi connectivity index (χ0) is 19.2. The highest BCUT2D eigenvalue weighted by molar-refractivity contribution is 5.94. The number of halogens is 1. The number of ether oxygens (including phenoxy) is 1. The fraction of sp³-hybridized carbons (Fsp3) is 0.286. The van der Waals surface area contributed by atoms with Crippen molar-refractivity contribution in [3.63, 3.8) is 0 Å². The second-order valence-corrected chi connectivity index (χ2v) is 6.51. The zero-order valence-electron chi connectivity index (χ0n) is 14.7. The Kier molecular flexibility index (Phi) is 5.82. The Balaban J connectivity index is 1.56. The third-order valence-electron chi connectivity index (χ3n) is 4.60. The first-order valence-corrected chi connectivity index (χ1v) is 8.77. The molecule has 1 unspecified atom stereocenters. The molecular weight excluding hydrogens is 347 g/mol. The zero-order valence-corrected chi connectivity index (χ0v) is 14.7. The van der Waals surface area contributed by atoms with E-state index in [1.54, 1.807) is 29.2 Å². The third-order valence-corrected chi connectivity index (χ3v) is 4.60. The first-order valence-electron chi connectivity index (χ1n) is 8.77. The fourth-order valence-electron chi connectivity index (χ4n) is 3.08. The fourth-order valence-corrected chi connectivity index (χ4v) is 3.08. The second kappa shape index (κ2) is 8.45. The summed E-state index contributed by atoms with van der Waals surface area (Å²) in [7, 11) is 0. The Morgan fingerprint density at radius 1 is 1.15 bits per heavy atom. The van der Waals surface area contributed by atoms with Gasteiger partial charge in [-0.1, -0.05) is 12.1 Å². The number of esters is 1. The van der Waals surface area contributed by atoms with Crippen LogP contribution in [0.4, 0.5) is 4.39 Å². The van der Waals surface area contributed by atoms with Crippen LogP contribution < -0.4 is 0 Å². The van der Waals surface area contributed by atoms with Gasteiger partial charge in [0, 0.05) is 18.7 Å². The molecule has 1 aliphatic heterocycles. The summed E-state index contributed by atoms with van der Waals surface area (Å²) in [5.41, 5.74) is 1.76. The summed E-state index contributed by atoms with van der Waals surface area (Å²) in [4.78, 5) is 26.5. The van der Waals surface area contributed by atoms with E-state index in [2.05, 4.69) is 0 Å². The number of piperidine rings is 1. The molecule has 1 fully saturated rings. The maximum atomic E-state index is 13.0. The van der Waals surface area contributed by atoms with Gasteiger partial charge < -0.3 is 9.64 Å². The molecule has 1 amide bonds. The van der Waals surface area contributed by atoms with E-state index in [0.29, 0.717) is 37.1 Å². The lowest BCUT2D eigenvalue weighted by Gasteiger charge is -2.31. The van der Waals surface area contributed by atoms with Crippen LogP contribution in [0.25, 0.3) is 0 Å². The number of rotatable bonds is 4. The average Bonchev–Trinajstić information content (AvgIpc) is 2.72. The van der Waals surface area contributed by atoms with Gasteiger partial charge in [-0.05, 0) is 54.8 Å². The molecule has 6 heteroatoms. The summed E-state index contributed by atoms with van der Waals surface area (Å²) in [5, 5.41) is 8.80. The summed E-state index contributed by atoms with van der Waals surface area (Å²) < 4.78 is 18.4.